The van der Waals surface area contributed by atoms with Crippen LogP contribution in [0.25, 0.3) is 0 Å². The Balaban J connectivity index is 1.74. The van der Waals surface area contributed by atoms with Gasteiger partial charge in [-0.2, -0.15) is 5.10 Å². The van der Waals surface area contributed by atoms with E-state index < -0.39 is 0 Å². The SMILES string of the molecule is C/C(=N/NC(=O)c1ccoc1C)c1ccc2c(c1)OCO2. The van der Waals surface area contributed by atoms with Gasteiger partial charge in [0.2, 0.25) is 6.79 Å². The molecule has 108 valence electrons. The number of hydrazone groups is 1. The first-order valence-electron chi connectivity index (χ1n) is 6.44. The van der Waals surface area contributed by atoms with Gasteiger partial charge in [-0.3, -0.25) is 4.79 Å². The van der Waals surface area contributed by atoms with Crippen molar-refractivity contribution in [1.29, 1.82) is 0 Å². The molecule has 0 saturated heterocycles. The number of furan rings is 1. The van der Waals surface area contributed by atoms with Crippen molar-refractivity contribution in [3.8, 4) is 11.5 Å². The summed E-state index contributed by atoms with van der Waals surface area (Å²) in [6, 6.07) is 7.12. The Hall–Kier alpha value is -2.76. The number of hydrogen-bond donors (Lipinski definition) is 1. The molecule has 0 unspecified atom stereocenters. The second-order valence-corrected chi connectivity index (χ2v) is 4.60. The number of ether oxygens (including phenoxy) is 2. The summed E-state index contributed by atoms with van der Waals surface area (Å²) in [6.07, 6.45) is 1.47. The van der Waals surface area contributed by atoms with Crippen LogP contribution in [0, 0.1) is 6.92 Å². The number of aryl methyl sites for hydroxylation is 1. The van der Waals surface area contributed by atoms with Crippen molar-refractivity contribution in [2.24, 2.45) is 5.10 Å². The van der Waals surface area contributed by atoms with E-state index in [-0.39, 0.29) is 12.7 Å². The number of fused-ring (bicyclic) bond motifs is 1. The number of hydrogen-bond acceptors (Lipinski definition) is 5. The summed E-state index contributed by atoms with van der Waals surface area (Å²) in [5.74, 6) is 1.65. The minimum Gasteiger partial charge on any atom is -0.469 e. The summed E-state index contributed by atoms with van der Waals surface area (Å²) >= 11 is 0. The fourth-order valence-electron chi connectivity index (χ4n) is 2.00. The molecule has 1 amide bonds. The highest BCUT2D eigenvalue weighted by Gasteiger charge is 2.14. The molecule has 6 heteroatoms. The average molecular weight is 286 g/mol. The van der Waals surface area contributed by atoms with Crippen LogP contribution in [0.4, 0.5) is 0 Å². The number of carbonyl (C=O) groups excluding carboxylic acids is 1. The fourth-order valence-corrected chi connectivity index (χ4v) is 2.00. The van der Waals surface area contributed by atoms with E-state index in [2.05, 4.69) is 10.5 Å². The molecule has 1 aliphatic heterocycles. The van der Waals surface area contributed by atoms with E-state index in [0.29, 0.717) is 28.5 Å². The van der Waals surface area contributed by atoms with Crippen molar-refractivity contribution >= 4 is 11.6 Å². The number of benzene rings is 1. The van der Waals surface area contributed by atoms with Crippen molar-refractivity contribution in [3.05, 3.63) is 47.4 Å². The first-order valence-corrected chi connectivity index (χ1v) is 6.44. The quantitative estimate of drug-likeness (QED) is 0.695. The zero-order valence-corrected chi connectivity index (χ0v) is 11.7. The van der Waals surface area contributed by atoms with Crippen LogP contribution in [0.5, 0.6) is 11.5 Å². The van der Waals surface area contributed by atoms with Crippen LogP contribution in [0.1, 0.15) is 28.6 Å². The summed E-state index contributed by atoms with van der Waals surface area (Å²) in [4.78, 5) is 11.9. The summed E-state index contributed by atoms with van der Waals surface area (Å²) in [7, 11) is 0. The molecular formula is C15H14N2O4. The second-order valence-electron chi connectivity index (χ2n) is 4.60. The third-order valence-electron chi connectivity index (χ3n) is 3.22. The Morgan fingerprint density at radius 3 is 2.81 bits per heavy atom. The lowest BCUT2D eigenvalue weighted by atomic mass is 10.1. The number of amides is 1. The predicted molar refractivity (Wildman–Crippen MR) is 75.7 cm³/mol. The summed E-state index contributed by atoms with van der Waals surface area (Å²) in [6.45, 7) is 3.76. The standard InChI is InChI=1S/C15H14N2O4/c1-9(11-3-4-13-14(7-11)21-8-20-13)16-17-15(18)12-5-6-19-10(12)2/h3-7H,8H2,1-2H3,(H,17,18)/b16-9-. The molecule has 1 N–H and O–H groups in total. The normalized spacial score (nSPS) is 13.3. The first-order chi connectivity index (χ1) is 10.1. The third-order valence-corrected chi connectivity index (χ3v) is 3.22. The lowest BCUT2D eigenvalue weighted by Crippen LogP contribution is -2.19. The van der Waals surface area contributed by atoms with Crippen molar-refractivity contribution in [1.82, 2.24) is 5.43 Å². The molecule has 0 aliphatic carbocycles. The fraction of sp³-hybridized carbons (Fsp3) is 0.200. The second kappa shape index (κ2) is 5.32. The van der Waals surface area contributed by atoms with Crippen LogP contribution in [0.2, 0.25) is 0 Å². The van der Waals surface area contributed by atoms with Gasteiger partial charge in [0.15, 0.2) is 11.5 Å². The minimum absolute atomic E-state index is 0.228. The summed E-state index contributed by atoms with van der Waals surface area (Å²) in [5, 5.41) is 4.10. The van der Waals surface area contributed by atoms with E-state index in [1.165, 1.54) is 6.26 Å². The van der Waals surface area contributed by atoms with Crippen LogP contribution in [-0.2, 0) is 0 Å². The van der Waals surface area contributed by atoms with Gasteiger partial charge in [-0.25, -0.2) is 5.43 Å². The van der Waals surface area contributed by atoms with Crippen LogP contribution >= 0.6 is 0 Å². The van der Waals surface area contributed by atoms with Gasteiger partial charge in [-0.15, -0.1) is 0 Å². The maximum Gasteiger partial charge on any atom is 0.274 e. The molecule has 0 saturated carbocycles. The third kappa shape index (κ3) is 2.60. The van der Waals surface area contributed by atoms with Gasteiger partial charge in [0, 0.05) is 5.56 Å². The zero-order valence-electron chi connectivity index (χ0n) is 11.7. The highest BCUT2D eigenvalue weighted by atomic mass is 16.7. The van der Waals surface area contributed by atoms with E-state index in [1.54, 1.807) is 19.9 Å². The largest absolute Gasteiger partial charge is 0.469 e. The van der Waals surface area contributed by atoms with Gasteiger partial charge < -0.3 is 13.9 Å². The van der Waals surface area contributed by atoms with Crippen molar-refractivity contribution in [2.75, 3.05) is 6.79 Å². The van der Waals surface area contributed by atoms with Gasteiger partial charge in [0.1, 0.15) is 5.76 Å². The molecule has 3 rings (SSSR count). The first kappa shape index (κ1) is 13.2. The Labute approximate surface area is 121 Å². The van der Waals surface area contributed by atoms with E-state index in [0.717, 1.165) is 5.56 Å². The molecule has 0 fully saturated rings. The van der Waals surface area contributed by atoms with Crippen LogP contribution < -0.4 is 14.9 Å². The molecular weight excluding hydrogens is 272 g/mol. The van der Waals surface area contributed by atoms with E-state index in [4.69, 9.17) is 13.9 Å². The molecule has 1 aromatic carbocycles. The Kier molecular flexibility index (Phi) is 3.35. The van der Waals surface area contributed by atoms with E-state index in [1.807, 2.05) is 18.2 Å². The maximum absolute atomic E-state index is 11.9. The molecule has 21 heavy (non-hydrogen) atoms. The lowest BCUT2D eigenvalue weighted by Gasteiger charge is -2.03. The van der Waals surface area contributed by atoms with Crippen LogP contribution in [-0.4, -0.2) is 18.4 Å². The zero-order chi connectivity index (χ0) is 14.8. The molecule has 0 bridgehead atoms. The molecule has 2 aromatic rings. The van der Waals surface area contributed by atoms with Gasteiger partial charge in [-0.1, -0.05) is 0 Å². The van der Waals surface area contributed by atoms with Crippen LogP contribution in [0.3, 0.4) is 0 Å². The van der Waals surface area contributed by atoms with Crippen molar-refractivity contribution in [3.63, 3.8) is 0 Å². The molecule has 1 aliphatic rings. The van der Waals surface area contributed by atoms with E-state index in [9.17, 15) is 4.79 Å². The Morgan fingerprint density at radius 1 is 1.24 bits per heavy atom. The van der Waals surface area contributed by atoms with Gasteiger partial charge >= 0.3 is 0 Å². The van der Waals surface area contributed by atoms with Crippen LogP contribution in [0.15, 0.2) is 40.0 Å². The minimum atomic E-state index is -0.304. The Bertz CT molecular complexity index is 718. The highest BCUT2D eigenvalue weighted by molar-refractivity contribution is 6.01. The number of carbonyl (C=O) groups is 1. The lowest BCUT2D eigenvalue weighted by molar-refractivity contribution is 0.0953. The number of nitrogens with zero attached hydrogens (tertiary/aromatic N) is 1. The summed E-state index contributed by atoms with van der Waals surface area (Å²) in [5.41, 5.74) is 4.50. The topological polar surface area (TPSA) is 73.1 Å². The molecule has 6 nitrogen and oxygen atoms in total. The smallest absolute Gasteiger partial charge is 0.274 e. The van der Waals surface area contributed by atoms with Gasteiger partial charge in [0.25, 0.3) is 5.91 Å². The maximum atomic E-state index is 11.9. The average Bonchev–Trinajstić information content (AvgIpc) is 3.11. The molecule has 1 aromatic heterocycles. The van der Waals surface area contributed by atoms with Gasteiger partial charge in [0.05, 0.1) is 17.5 Å². The molecule has 0 spiro atoms. The number of rotatable bonds is 3. The predicted octanol–water partition coefficient (Wildman–Crippen LogP) is 2.47. The van der Waals surface area contributed by atoms with Crippen molar-refractivity contribution < 1.29 is 18.7 Å². The van der Waals surface area contributed by atoms with Gasteiger partial charge in [-0.05, 0) is 38.1 Å². The molecule has 2 heterocycles. The van der Waals surface area contributed by atoms with E-state index >= 15 is 0 Å². The molecule has 0 atom stereocenters. The van der Waals surface area contributed by atoms with Crippen molar-refractivity contribution in [2.45, 2.75) is 13.8 Å². The molecule has 0 radical (unpaired) electrons. The highest BCUT2D eigenvalue weighted by Crippen LogP contribution is 2.32. The Morgan fingerprint density at radius 2 is 2.05 bits per heavy atom. The number of nitrogens with one attached hydrogen (secondary N) is 1. The monoisotopic (exact) mass is 286 g/mol. The summed E-state index contributed by atoms with van der Waals surface area (Å²) < 4.78 is 15.7.